The molecule has 0 fully saturated rings. The van der Waals surface area contributed by atoms with Crippen LogP contribution in [0.25, 0.3) is 11.2 Å². The Morgan fingerprint density at radius 2 is 2.09 bits per heavy atom. The molecule has 3 heterocycles. The first-order valence-corrected chi connectivity index (χ1v) is 11.3. The average molecular weight is 454 g/mol. The van der Waals surface area contributed by atoms with Crippen molar-refractivity contribution in [1.82, 2.24) is 19.9 Å². The van der Waals surface area contributed by atoms with Crippen LogP contribution in [0.5, 0.6) is 0 Å². The molecule has 9 nitrogen and oxygen atoms in total. The summed E-state index contributed by atoms with van der Waals surface area (Å²) in [5.41, 5.74) is 2.88. The van der Waals surface area contributed by atoms with Crippen LogP contribution in [0.4, 0.5) is 21.8 Å². The molecule has 1 aliphatic rings. The zero-order chi connectivity index (χ0) is 23.4. The van der Waals surface area contributed by atoms with Crippen LogP contribution in [0, 0.1) is 5.82 Å². The van der Waals surface area contributed by atoms with Gasteiger partial charge in [-0.25, -0.2) is 9.37 Å². The topological polar surface area (TPSA) is 116 Å². The van der Waals surface area contributed by atoms with E-state index in [0.29, 0.717) is 29.9 Å². The number of halogens is 1. The Morgan fingerprint density at radius 1 is 1.24 bits per heavy atom. The normalized spacial score (nSPS) is 15.4. The fourth-order valence-electron chi connectivity index (χ4n) is 4.18. The summed E-state index contributed by atoms with van der Waals surface area (Å²) in [6.07, 6.45) is 6.09. The molecule has 174 valence electrons. The first kappa shape index (κ1) is 22.6. The zero-order valence-corrected chi connectivity index (χ0v) is 18.8. The smallest absolute Gasteiger partial charge is 0.233 e. The molecule has 0 radical (unpaired) electrons. The Hall–Kier alpha value is -3.56. The molecule has 0 unspecified atom stereocenters. The van der Waals surface area contributed by atoms with Crippen LogP contribution in [-0.2, 0) is 16.0 Å². The van der Waals surface area contributed by atoms with Gasteiger partial charge >= 0.3 is 0 Å². The number of aromatic amines is 1. The predicted molar refractivity (Wildman–Crippen MR) is 125 cm³/mol. The number of carbonyl (C=O) groups is 2. The minimum atomic E-state index is -0.261. The van der Waals surface area contributed by atoms with Crippen molar-refractivity contribution in [2.24, 2.45) is 0 Å². The first-order chi connectivity index (χ1) is 15.9. The van der Waals surface area contributed by atoms with E-state index in [1.54, 1.807) is 6.07 Å². The number of unbranched alkanes of at least 4 members (excludes halogenated alkanes) is 2. The van der Waals surface area contributed by atoms with Gasteiger partial charge in [-0.1, -0.05) is 6.42 Å². The molecule has 0 bridgehead atoms. The number of nitrogens with zero attached hydrogens (tertiary/aromatic N) is 4. The SMILES string of the molecule is CC(=O)Nc1nc(NCCCCCC(=O)N2c3ccc(F)cc3CC[C@H]2C)c2[nH]cnc2n1. The second kappa shape index (κ2) is 9.93. The minimum absolute atomic E-state index is 0.0814. The number of nitrogens with one attached hydrogen (secondary N) is 3. The molecular weight excluding hydrogens is 425 g/mol. The minimum Gasteiger partial charge on any atom is -0.368 e. The molecule has 10 heteroatoms. The monoisotopic (exact) mass is 453 g/mol. The fourth-order valence-corrected chi connectivity index (χ4v) is 4.18. The number of carbonyl (C=O) groups excluding carboxylic acids is 2. The molecule has 0 saturated heterocycles. The molecule has 1 aliphatic heterocycles. The molecular formula is C23H28FN7O2. The van der Waals surface area contributed by atoms with Crippen molar-refractivity contribution in [1.29, 1.82) is 0 Å². The van der Waals surface area contributed by atoms with E-state index in [-0.39, 0.29) is 29.6 Å². The van der Waals surface area contributed by atoms with Crippen LogP contribution in [0.15, 0.2) is 24.5 Å². The molecule has 0 saturated carbocycles. The number of rotatable bonds is 8. The van der Waals surface area contributed by atoms with Crippen molar-refractivity contribution in [3.05, 3.63) is 35.9 Å². The van der Waals surface area contributed by atoms with E-state index in [0.717, 1.165) is 43.4 Å². The largest absolute Gasteiger partial charge is 0.368 e. The van der Waals surface area contributed by atoms with E-state index in [2.05, 4.69) is 30.6 Å². The summed E-state index contributed by atoms with van der Waals surface area (Å²) in [7, 11) is 0. The van der Waals surface area contributed by atoms with Crippen molar-refractivity contribution in [3.63, 3.8) is 0 Å². The quantitative estimate of drug-likeness (QED) is 0.447. The van der Waals surface area contributed by atoms with E-state index in [4.69, 9.17) is 0 Å². The number of imidazole rings is 1. The number of aromatic nitrogens is 4. The lowest BCUT2D eigenvalue weighted by Gasteiger charge is -2.35. The van der Waals surface area contributed by atoms with Gasteiger partial charge in [-0.15, -0.1) is 0 Å². The number of hydrogen-bond acceptors (Lipinski definition) is 6. The summed E-state index contributed by atoms with van der Waals surface area (Å²) in [6, 6.07) is 4.79. The number of H-pyrrole nitrogens is 1. The van der Waals surface area contributed by atoms with Gasteiger partial charge in [0.2, 0.25) is 17.8 Å². The zero-order valence-electron chi connectivity index (χ0n) is 18.8. The highest BCUT2D eigenvalue weighted by molar-refractivity contribution is 5.95. The molecule has 4 rings (SSSR count). The van der Waals surface area contributed by atoms with Crippen LogP contribution in [0.2, 0.25) is 0 Å². The van der Waals surface area contributed by atoms with Gasteiger partial charge in [0.1, 0.15) is 11.3 Å². The molecule has 2 aromatic heterocycles. The Bertz CT molecular complexity index is 1160. The fraction of sp³-hybridized carbons (Fsp3) is 0.435. The summed E-state index contributed by atoms with van der Waals surface area (Å²) in [5.74, 6) is 0.340. The number of anilines is 3. The van der Waals surface area contributed by atoms with Crippen molar-refractivity contribution >= 4 is 40.4 Å². The van der Waals surface area contributed by atoms with Gasteiger partial charge in [0.05, 0.1) is 6.33 Å². The summed E-state index contributed by atoms with van der Waals surface area (Å²) < 4.78 is 13.6. The molecule has 0 spiro atoms. The predicted octanol–water partition coefficient (Wildman–Crippen LogP) is 3.79. The maximum absolute atomic E-state index is 13.6. The highest BCUT2D eigenvalue weighted by Gasteiger charge is 2.27. The summed E-state index contributed by atoms with van der Waals surface area (Å²) in [4.78, 5) is 41.7. The Labute approximate surface area is 191 Å². The number of fused-ring (bicyclic) bond motifs is 2. The van der Waals surface area contributed by atoms with Crippen LogP contribution in [0.3, 0.4) is 0 Å². The lowest BCUT2D eigenvalue weighted by molar-refractivity contribution is -0.119. The first-order valence-electron chi connectivity index (χ1n) is 11.3. The van der Waals surface area contributed by atoms with Gasteiger partial charge < -0.3 is 15.2 Å². The van der Waals surface area contributed by atoms with Crippen LogP contribution in [0.1, 0.15) is 51.5 Å². The standard InChI is InChI=1S/C23H28FN7O2/c1-14-7-8-16-12-17(24)9-10-18(16)31(14)19(33)6-4-3-5-11-25-21-20-22(27-13-26-20)30-23(29-21)28-15(2)32/h9-10,12-14H,3-8,11H2,1-2H3,(H3,25,26,27,28,29,30,32)/t14-/m1/s1. The van der Waals surface area contributed by atoms with Gasteiger partial charge in [-0.2, -0.15) is 9.97 Å². The average Bonchev–Trinajstić information content (AvgIpc) is 3.24. The van der Waals surface area contributed by atoms with Crippen molar-refractivity contribution in [2.45, 2.75) is 58.4 Å². The molecule has 2 amide bonds. The van der Waals surface area contributed by atoms with Gasteiger partial charge in [-0.3, -0.25) is 14.9 Å². The number of amides is 2. The lowest BCUT2D eigenvalue weighted by Crippen LogP contribution is -2.42. The van der Waals surface area contributed by atoms with Gasteiger partial charge in [-0.05, 0) is 56.4 Å². The second-order valence-corrected chi connectivity index (χ2v) is 8.34. The lowest BCUT2D eigenvalue weighted by atomic mass is 9.96. The number of hydrogen-bond donors (Lipinski definition) is 3. The third-order valence-electron chi connectivity index (χ3n) is 5.78. The molecule has 33 heavy (non-hydrogen) atoms. The van der Waals surface area contributed by atoms with E-state index in [1.165, 1.54) is 25.4 Å². The molecule has 3 aromatic rings. The van der Waals surface area contributed by atoms with E-state index in [9.17, 15) is 14.0 Å². The van der Waals surface area contributed by atoms with Gasteiger partial charge in [0.25, 0.3) is 0 Å². The van der Waals surface area contributed by atoms with Gasteiger partial charge in [0.15, 0.2) is 11.5 Å². The second-order valence-electron chi connectivity index (χ2n) is 8.34. The van der Waals surface area contributed by atoms with Crippen molar-refractivity contribution < 1.29 is 14.0 Å². The summed E-state index contributed by atoms with van der Waals surface area (Å²) >= 11 is 0. The molecule has 1 atom stereocenters. The highest BCUT2D eigenvalue weighted by Crippen LogP contribution is 2.32. The Kier molecular flexibility index (Phi) is 6.81. The van der Waals surface area contributed by atoms with Crippen LogP contribution < -0.4 is 15.5 Å². The molecule has 1 aromatic carbocycles. The van der Waals surface area contributed by atoms with Crippen LogP contribution >= 0.6 is 0 Å². The Morgan fingerprint density at radius 3 is 2.91 bits per heavy atom. The van der Waals surface area contributed by atoms with E-state index >= 15 is 0 Å². The van der Waals surface area contributed by atoms with Crippen LogP contribution in [-0.4, -0.2) is 44.3 Å². The summed E-state index contributed by atoms with van der Waals surface area (Å²) in [6.45, 7) is 4.09. The van der Waals surface area contributed by atoms with E-state index < -0.39 is 0 Å². The van der Waals surface area contributed by atoms with Crippen molar-refractivity contribution in [2.75, 3.05) is 22.1 Å². The highest BCUT2D eigenvalue weighted by atomic mass is 19.1. The Balaban J connectivity index is 1.27. The molecule has 3 N–H and O–H groups in total. The summed E-state index contributed by atoms with van der Waals surface area (Å²) in [5, 5.41) is 5.84. The third-order valence-corrected chi connectivity index (χ3v) is 5.78. The van der Waals surface area contributed by atoms with Gasteiger partial charge in [0, 0.05) is 31.6 Å². The van der Waals surface area contributed by atoms with Crippen molar-refractivity contribution in [3.8, 4) is 0 Å². The third kappa shape index (κ3) is 5.27. The van der Waals surface area contributed by atoms with E-state index in [1.807, 2.05) is 11.8 Å². The molecule has 0 aliphatic carbocycles. The number of benzene rings is 1. The number of aryl methyl sites for hydroxylation is 1. The maximum atomic E-state index is 13.6. The maximum Gasteiger partial charge on any atom is 0.233 e.